The number of benzene rings is 1. The number of aromatic nitrogens is 3. The Balaban J connectivity index is 1.98. The van der Waals surface area contributed by atoms with Crippen molar-refractivity contribution in [3.05, 3.63) is 36.2 Å². The first-order valence-corrected chi connectivity index (χ1v) is 5.38. The summed E-state index contributed by atoms with van der Waals surface area (Å²) < 4.78 is 12.4. The number of methoxy groups -OCH3 is 1. The van der Waals surface area contributed by atoms with Crippen LogP contribution in [0.4, 0.5) is 0 Å². The summed E-state index contributed by atoms with van der Waals surface area (Å²) >= 11 is 0. The number of hydrogen-bond acceptors (Lipinski definition) is 5. The van der Waals surface area contributed by atoms with Crippen molar-refractivity contribution in [2.24, 2.45) is 0 Å². The maximum Gasteiger partial charge on any atom is 0.162 e. The summed E-state index contributed by atoms with van der Waals surface area (Å²) in [6.07, 6.45) is 3.38. The van der Waals surface area contributed by atoms with Crippen molar-refractivity contribution in [2.75, 3.05) is 13.7 Å². The standard InChI is InChI=1S/C12H12N4O2/c1-17-12-8-10(9-13)2-3-11(12)18-7-6-16-5-4-14-15-16/h2-5,8H,6-7H2,1H3. The Labute approximate surface area is 104 Å². The van der Waals surface area contributed by atoms with Crippen LogP contribution in [0.1, 0.15) is 5.56 Å². The minimum atomic E-state index is 0.450. The van der Waals surface area contributed by atoms with Crippen LogP contribution < -0.4 is 9.47 Å². The maximum atomic E-state index is 8.78. The van der Waals surface area contributed by atoms with E-state index in [2.05, 4.69) is 10.3 Å². The van der Waals surface area contributed by atoms with E-state index >= 15 is 0 Å². The van der Waals surface area contributed by atoms with Crippen LogP contribution >= 0.6 is 0 Å². The molecule has 0 amide bonds. The van der Waals surface area contributed by atoms with Crippen molar-refractivity contribution in [1.29, 1.82) is 5.26 Å². The smallest absolute Gasteiger partial charge is 0.162 e. The molecule has 0 fully saturated rings. The highest BCUT2D eigenvalue weighted by molar-refractivity contribution is 5.46. The second kappa shape index (κ2) is 5.68. The Bertz CT molecular complexity index is 546. The van der Waals surface area contributed by atoms with E-state index in [4.69, 9.17) is 14.7 Å². The molecule has 1 heterocycles. The van der Waals surface area contributed by atoms with Crippen molar-refractivity contribution in [1.82, 2.24) is 15.0 Å². The van der Waals surface area contributed by atoms with Gasteiger partial charge in [0.05, 0.1) is 31.5 Å². The van der Waals surface area contributed by atoms with Gasteiger partial charge in [-0.25, -0.2) is 4.68 Å². The average molecular weight is 244 g/mol. The van der Waals surface area contributed by atoms with Crippen molar-refractivity contribution in [2.45, 2.75) is 6.54 Å². The van der Waals surface area contributed by atoms with E-state index in [0.717, 1.165) is 0 Å². The summed E-state index contributed by atoms with van der Waals surface area (Å²) in [5.74, 6) is 1.16. The van der Waals surface area contributed by atoms with Gasteiger partial charge in [0.15, 0.2) is 11.5 Å². The van der Waals surface area contributed by atoms with Crippen LogP contribution in [-0.2, 0) is 6.54 Å². The van der Waals surface area contributed by atoms with Gasteiger partial charge in [0.1, 0.15) is 6.61 Å². The van der Waals surface area contributed by atoms with Gasteiger partial charge in [0.2, 0.25) is 0 Å². The fraction of sp³-hybridized carbons (Fsp3) is 0.250. The highest BCUT2D eigenvalue weighted by Gasteiger charge is 2.05. The molecule has 0 spiro atoms. The summed E-state index contributed by atoms with van der Waals surface area (Å²) in [5.41, 5.74) is 0.537. The summed E-state index contributed by atoms with van der Waals surface area (Å²) in [5, 5.41) is 16.3. The molecule has 6 heteroatoms. The monoisotopic (exact) mass is 244 g/mol. The van der Waals surface area contributed by atoms with Crippen LogP contribution in [0, 0.1) is 11.3 Å². The molecule has 0 saturated carbocycles. The lowest BCUT2D eigenvalue weighted by atomic mass is 10.2. The molecule has 1 aromatic carbocycles. The maximum absolute atomic E-state index is 8.78. The van der Waals surface area contributed by atoms with E-state index in [-0.39, 0.29) is 0 Å². The molecular weight excluding hydrogens is 232 g/mol. The molecule has 0 radical (unpaired) electrons. The second-order valence-electron chi connectivity index (χ2n) is 3.49. The van der Waals surface area contributed by atoms with Crippen LogP contribution in [0.3, 0.4) is 0 Å². The van der Waals surface area contributed by atoms with Crippen molar-refractivity contribution >= 4 is 0 Å². The number of ether oxygens (including phenoxy) is 2. The highest BCUT2D eigenvalue weighted by atomic mass is 16.5. The lowest BCUT2D eigenvalue weighted by Crippen LogP contribution is -2.09. The quantitative estimate of drug-likeness (QED) is 0.791. The average Bonchev–Trinajstić information content (AvgIpc) is 2.92. The number of rotatable bonds is 5. The molecule has 0 aliphatic rings. The normalized spacial score (nSPS) is 9.78. The van der Waals surface area contributed by atoms with Crippen molar-refractivity contribution in [3.63, 3.8) is 0 Å². The molecule has 0 bridgehead atoms. The van der Waals surface area contributed by atoms with Gasteiger partial charge in [-0.15, -0.1) is 5.10 Å². The lowest BCUT2D eigenvalue weighted by molar-refractivity contribution is 0.273. The van der Waals surface area contributed by atoms with Crippen molar-refractivity contribution < 1.29 is 9.47 Å². The highest BCUT2D eigenvalue weighted by Crippen LogP contribution is 2.27. The number of hydrogen-bond donors (Lipinski definition) is 0. The van der Waals surface area contributed by atoms with E-state index < -0.39 is 0 Å². The van der Waals surface area contributed by atoms with Gasteiger partial charge in [-0.2, -0.15) is 5.26 Å². The number of nitrogens with zero attached hydrogens (tertiary/aromatic N) is 4. The summed E-state index contributed by atoms with van der Waals surface area (Å²) in [7, 11) is 1.54. The fourth-order valence-corrected chi connectivity index (χ4v) is 1.46. The summed E-state index contributed by atoms with van der Waals surface area (Å²) in [4.78, 5) is 0. The Hall–Kier alpha value is -2.55. The molecule has 2 aromatic rings. The van der Waals surface area contributed by atoms with Crippen LogP contribution in [0.2, 0.25) is 0 Å². The predicted octanol–water partition coefficient (Wildman–Crippen LogP) is 1.24. The largest absolute Gasteiger partial charge is 0.493 e. The third-order valence-electron chi connectivity index (χ3n) is 2.34. The van der Waals surface area contributed by atoms with E-state index in [9.17, 15) is 0 Å². The first-order valence-electron chi connectivity index (χ1n) is 5.38. The Morgan fingerprint density at radius 1 is 1.39 bits per heavy atom. The first kappa shape index (κ1) is 11.9. The molecule has 92 valence electrons. The third-order valence-corrected chi connectivity index (χ3v) is 2.34. The van der Waals surface area contributed by atoms with Gasteiger partial charge in [-0.05, 0) is 12.1 Å². The van der Waals surface area contributed by atoms with Gasteiger partial charge in [0.25, 0.3) is 0 Å². The predicted molar refractivity (Wildman–Crippen MR) is 63.2 cm³/mol. The molecule has 0 N–H and O–H groups in total. The SMILES string of the molecule is COc1cc(C#N)ccc1OCCn1ccnn1. The van der Waals surface area contributed by atoms with E-state index in [1.54, 1.807) is 42.4 Å². The zero-order valence-corrected chi connectivity index (χ0v) is 9.91. The van der Waals surface area contributed by atoms with Crippen LogP contribution in [0.15, 0.2) is 30.6 Å². The molecule has 0 aliphatic carbocycles. The molecule has 0 atom stereocenters. The minimum absolute atomic E-state index is 0.450. The molecule has 0 saturated heterocycles. The zero-order valence-electron chi connectivity index (χ0n) is 9.91. The van der Waals surface area contributed by atoms with Crippen LogP contribution in [-0.4, -0.2) is 28.7 Å². The fourth-order valence-electron chi connectivity index (χ4n) is 1.46. The van der Waals surface area contributed by atoms with Crippen LogP contribution in [0.25, 0.3) is 0 Å². The molecule has 6 nitrogen and oxygen atoms in total. The van der Waals surface area contributed by atoms with E-state index in [1.807, 2.05) is 6.07 Å². The molecule has 18 heavy (non-hydrogen) atoms. The van der Waals surface area contributed by atoms with Gasteiger partial charge < -0.3 is 9.47 Å². The molecule has 0 unspecified atom stereocenters. The van der Waals surface area contributed by atoms with Gasteiger partial charge in [-0.3, -0.25) is 0 Å². The topological polar surface area (TPSA) is 73.0 Å². The molecular formula is C12H12N4O2. The van der Waals surface area contributed by atoms with Crippen LogP contribution in [0.5, 0.6) is 11.5 Å². The summed E-state index contributed by atoms with van der Waals surface area (Å²) in [6, 6.07) is 7.10. The minimum Gasteiger partial charge on any atom is -0.493 e. The van der Waals surface area contributed by atoms with Gasteiger partial charge >= 0.3 is 0 Å². The Morgan fingerprint density at radius 3 is 2.94 bits per heavy atom. The number of nitriles is 1. The molecule has 1 aromatic heterocycles. The van der Waals surface area contributed by atoms with Gasteiger partial charge in [-0.1, -0.05) is 5.21 Å². The molecule has 2 rings (SSSR count). The Kier molecular flexibility index (Phi) is 3.76. The zero-order chi connectivity index (χ0) is 12.8. The second-order valence-corrected chi connectivity index (χ2v) is 3.49. The first-order chi connectivity index (χ1) is 8.83. The lowest BCUT2D eigenvalue weighted by Gasteiger charge is -2.10. The molecule has 0 aliphatic heterocycles. The Morgan fingerprint density at radius 2 is 2.28 bits per heavy atom. The van der Waals surface area contributed by atoms with E-state index in [0.29, 0.717) is 30.2 Å². The third kappa shape index (κ3) is 2.77. The van der Waals surface area contributed by atoms with Crippen molar-refractivity contribution in [3.8, 4) is 17.6 Å². The van der Waals surface area contributed by atoms with E-state index in [1.165, 1.54) is 0 Å². The summed E-state index contributed by atoms with van der Waals surface area (Å²) in [6.45, 7) is 1.05. The van der Waals surface area contributed by atoms with Gasteiger partial charge in [0, 0.05) is 12.3 Å².